The summed E-state index contributed by atoms with van der Waals surface area (Å²) in [5.74, 6) is 0.00311. The number of benzene rings is 2. The van der Waals surface area contributed by atoms with Crippen molar-refractivity contribution in [3.8, 4) is 5.75 Å². The van der Waals surface area contributed by atoms with Gasteiger partial charge in [0.25, 0.3) is 11.8 Å². The second kappa shape index (κ2) is 9.45. The third-order valence-electron chi connectivity index (χ3n) is 4.78. The number of rotatable bonds is 9. The van der Waals surface area contributed by atoms with Crippen LogP contribution in [0.1, 0.15) is 46.7 Å². The zero-order valence-electron chi connectivity index (χ0n) is 17.5. The summed E-state index contributed by atoms with van der Waals surface area (Å²) in [6.45, 7) is 5.96. The van der Waals surface area contributed by atoms with Crippen molar-refractivity contribution in [2.75, 3.05) is 19.0 Å². The predicted molar refractivity (Wildman–Crippen MR) is 117 cm³/mol. The average molecular weight is 409 g/mol. The molecule has 158 valence electrons. The van der Waals surface area contributed by atoms with Gasteiger partial charge in [-0.05, 0) is 48.7 Å². The van der Waals surface area contributed by atoms with E-state index in [1.165, 1.54) is 7.11 Å². The summed E-state index contributed by atoms with van der Waals surface area (Å²) in [6, 6.07) is 12.4. The maximum Gasteiger partial charge on any atom is 0.286 e. The molecule has 2 aromatic carbocycles. The van der Waals surface area contributed by atoms with E-state index in [0.717, 1.165) is 18.5 Å². The molecule has 0 fully saturated rings. The van der Waals surface area contributed by atoms with E-state index in [4.69, 9.17) is 14.9 Å². The van der Waals surface area contributed by atoms with Gasteiger partial charge in [-0.1, -0.05) is 26.0 Å². The Hall–Kier alpha value is -3.32. The monoisotopic (exact) mass is 409 g/mol. The third kappa shape index (κ3) is 4.99. The summed E-state index contributed by atoms with van der Waals surface area (Å²) in [6.07, 6.45) is 1.09. The largest absolute Gasteiger partial charge is 0.497 e. The highest BCUT2D eigenvalue weighted by Crippen LogP contribution is 2.33. The number of nitrogens with two attached hydrogens (primary N) is 1. The van der Waals surface area contributed by atoms with E-state index in [1.54, 1.807) is 24.3 Å². The zero-order valence-corrected chi connectivity index (χ0v) is 17.5. The Morgan fingerprint density at radius 1 is 1.17 bits per heavy atom. The summed E-state index contributed by atoms with van der Waals surface area (Å²) < 4.78 is 10.7. The van der Waals surface area contributed by atoms with Crippen LogP contribution in [0.25, 0.3) is 11.0 Å². The van der Waals surface area contributed by atoms with Crippen LogP contribution < -0.4 is 21.1 Å². The SMILES string of the molecule is COc1ccc2c(NC(=O)c3cccc(CNCCC(C)C)c3)c(C(N)=O)oc2c1. The van der Waals surface area contributed by atoms with E-state index in [1.807, 2.05) is 18.2 Å². The van der Waals surface area contributed by atoms with Crippen LogP contribution in [0, 0.1) is 5.92 Å². The summed E-state index contributed by atoms with van der Waals surface area (Å²) in [4.78, 5) is 24.7. The Balaban J connectivity index is 1.80. The molecular weight excluding hydrogens is 382 g/mol. The highest BCUT2D eigenvalue weighted by Gasteiger charge is 2.21. The molecule has 1 aromatic heterocycles. The van der Waals surface area contributed by atoms with Crippen LogP contribution in [0.15, 0.2) is 46.9 Å². The van der Waals surface area contributed by atoms with Crippen LogP contribution in [0.2, 0.25) is 0 Å². The average Bonchev–Trinajstić information content (AvgIpc) is 3.09. The lowest BCUT2D eigenvalue weighted by Crippen LogP contribution is -2.18. The Morgan fingerprint density at radius 3 is 2.67 bits per heavy atom. The number of carbonyl (C=O) groups excluding carboxylic acids is 2. The van der Waals surface area contributed by atoms with E-state index >= 15 is 0 Å². The fourth-order valence-electron chi connectivity index (χ4n) is 3.13. The number of methoxy groups -OCH3 is 1. The van der Waals surface area contributed by atoms with E-state index in [-0.39, 0.29) is 17.4 Å². The number of amides is 2. The number of furan rings is 1. The Morgan fingerprint density at radius 2 is 1.97 bits per heavy atom. The second-order valence-electron chi connectivity index (χ2n) is 7.55. The molecule has 3 aromatic rings. The zero-order chi connectivity index (χ0) is 21.7. The van der Waals surface area contributed by atoms with Crippen molar-refractivity contribution in [2.24, 2.45) is 11.7 Å². The molecule has 0 spiro atoms. The molecule has 0 radical (unpaired) electrons. The smallest absolute Gasteiger partial charge is 0.286 e. The van der Waals surface area contributed by atoms with Gasteiger partial charge >= 0.3 is 0 Å². The van der Waals surface area contributed by atoms with Gasteiger partial charge in [0, 0.05) is 23.6 Å². The normalized spacial score (nSPS) is 11.1. The lowest BCUT2D eigenvalue weighted by atomic mass is 10.1. The van der Waals surface area contributed by atoms with E-state index in [0.29, 0.717) is 34.7 Å². The molecule has 0 atom stereocenters. The highest BCUT2D eigenvalue weighted by atomic mass is 16.5. The van der Waals surface area contributed by atoms with Crippen LogP contribution in [0.5, 0.6) is 5.75 Å². The van der Waals surface area contributed by atoms with Gasteiger partial charge in [0.2, 0.25) is 5.76 Å². The van der Waals surface area contributed by atoms with Crippen molar-refractivity contribution in [3.05, 3.63) is 59.4 Å². The van der Waals surface area contributed by atoms with Gasteiger partial charge in [0.1, 0.15) is 17.0 Å². The maximum atomic E-state index is 12.9. The summed E-state index contributed by atoms with van der Waals surface area (Å²) in [7, 11) is 1.53. The molecular formula is C23H27N3O4. The van der Waals surface area contributed by atoms with Crippen molar-refractivity contribution in [1.82, 2.24) is 5.32 Å². The summed E-state index contributed by atoms with van der Waals surface area (Å²) >= 11 is 0. The Labute approximate surface area is 175 Å². The van der Waals surface area contributed by atoms with E-state index in [9.17, 15) is 9.59 Å². The van der Waals surface area contributed by atoms with Crippen LogP contribution in [0.4, 0.5) is 5.69 Å². The number of primary amides is 1. The molecule has 2 amide bonds. The number of carbonyl (C=O) groups is 2. The lowest BCUT2D eigenvalue weighted by molar-refractivity contribution is 0.0977. The molecule has 1 heterocycles. The third-order valence-corrected chi connectivity index (χ3v) is 4.78. The topological polar surface area (TPSA) is 107 Å². The fourth-order valence-corrected chi connectivity index (χ4v) is 3.13. The minimum Gasteiger partial charge on any atom is -0.497 e. The maximum absolute atomic E-state index is 12.9. The molecule has 0 bridgehead atoms. The van der Waals surface area contributed by atoms with Crippen molar-refractivity contribution in [3.63, 3.8) is 0 Å². The van der Waals surface area contributed by atoms with Crippen molar-refractivity contribution >= 4 is 28.5 Å². The molecule has 7 nitrogen and oxygen atoms in total. The van der Waals surface area contributed by atoms with Gasteiger partial charge in [0.05, 0.1) is 7.11 Å². The first-order chi connectivity index (χ1) is 14.4. The number of hydrogen-bond acceptors (Lipinski definition) is 5. The van der Waals surface area contributed by atoms with Crippen LogP contribution in [0.3, 0.4) is 0 Å². The fraction of sp³-hybridized carbons (Fsp3) is 0.304. The number of hydrogen-bond donors (Lipinski definition) is 3. The molecule has 4 N–H and O–H groups in total. The van der Waals surface area contributed by atoms with E-state index in [2.05, 4.69) is 24.5 Å². The lowest BCUT2D eigenvalue weighted by Gasteiger charge is -2.09. The molecule has 30 heavy (non-hydrogen) atoms. The van der Waals surface area contributed by atoms with Gasteiger partial charge in [-0.25, -0.2) is 0 Å². The molecule has 0 aliphatic carbocycles. The quantitative estimate of drug-likeness (QED) is 0.464. The van der Waals surface area contributed by atoms with Crippen LogP contribution in [-0.2, 0) is 6.54 Å². The molecule has 7 heteroatoms. The van der Waals surface area contributed by atoms with Crippen molar-refractivity contribution < 1.29 is 18.7 Å². The highest BCUT2D eigenvalue weighted by molar-refractivity contribution is 6.14. The molecule has 0 saturated carbocycles. The van der Waals surface area contributed by atoms with Gasteiger partial charge in [-0.3, -0.25) is 9.59 Å². The number of anilines is 1. The predicted octanol–water partition coefficient (Wildman–Crippen LogP) is 3.93. The number of ether oxygens (including phenoxy) is 1. The van der Waals surface area contributed by atoms with Crippen LogP contribution in [-0.4, -0.2) is 25.5 Å². The van der Waals surface area contributed by atoms with Crippen LogP contribution >= 0.6 is 0 Å². The van der Waals surface area contributed by atoms with Gasteiger partial charge in [-0.2, -0.15) is 0 Å². The van der Waals surface area contributed by atoms with Crippen molar-refractivity contribution in [1.29, 1.82) is 0 Å². The first-order valence-electron chi connectivity index (χ1n) is 9.90. The Bertz CT molecular complexity index is 1060. The van der Waals surface area contributed by atoms with E-state index < -0.39 is 5.91 Å². The minimum atomic E-state index is -0.761. The van der Waals surface area contributed by atoms with Gasteiger partial charge < -0.3 is 25.5 Å². The summed E-state index contributed by atoms with van der Waals surface area (Å²) in [5.41, 5.74) is 7.60. The minimum absolute atomic E-state index is 0.0990. The summed E-state index contributed by atoms with van der Waals surface area (Å²) in [5, 5.41) is 6.74. The molecule has 0 aliphatic rings. The second-order valence-corrected chi connectivity index (χ2v) is 7.55. The molecule has 0 saturated heterocycles. The van der Waals surface area contributed by atoms with Gasteiger partial charge in [0.15, 0.2) is 0 Å². The first-order valence-corrected chi connectivity index (χ1v) is 9.90. The first kappa shape index (κ1) is 21.4. The number of fused-ring (bicyclic) bond motifs is 1. The number of nitrogens with one attached hydrogen (secondary N) is 2. The Kier molecular flexibility index (Phi) is 6.74. The molecule has 3 rings (SSSR count). The van der Waals surface area contributed by atoms with Gasteiger partial charge in [-0.15, -0.1) is 0 Å². The molecule has 0 unspecified atom stereocenters. The molecule has 0 aliphatic heterocycles. The van der Waals surface area contributed by atoms with Crippen molar-refractivity contribution in [2.45, 2.75) is 26.8 Å². The standard InChI is InChI=1S/C23H27N3O4/c1-14(2)9-10-25-13-15-5-4-6-16(11-15)23(28)26-20-18-8-7-17(29-3)12-19(18)30-21(20)22(24)27/h4-8,11-12,14,25H,9-10,13H2,1-3H3,(H2,24,27)(H,26,28).